The normalized spacial score (nSPS) is 14.3. The van der Waals surface area contributed by atoms with Gasteiger partial charge in [-0.25, -0.2) is 9.59 Å². The molecule has 1 saturated heterocycles. The molecule has 0 bridgehead atoms. The van der Waals surface area contributed by atoms with E-state index >= 15 is 0 Å². The topological polar surface area (TPSA) is 129 Å². The minimum Gasteiger partial charge on any atom is -0.478 e. The van der Waals surface area contributed by atoms with Crippen molar-refractivity contribution in [2.45, 2.75) is 6.42 Å². The van der Waals surface area contributed by atoms with Gasteiger partial charge in [0.2, 0.25) is 0 Å². The molecule has 1 aromatic heterocycles. The van der Waals surface area contributed by atoms with Crippen LogP contribution in [0.5, 0.6) is 0 Å². The number of ether oxygens (including phenoxy) is 1. The van der Waals surface area contributed by atoms with Crippen LogP contribution in [-0.4, -0.2) is 77.3 Å². The average Bonchev–Trinajstić information content (AvgIpc) is 2.65. The Morgan fingerprint density at radius 3 is 2.23 bits per heavy atom. The van der Waals surface area contributed by atoms with Crippen molar-refractivity contribution in [2.75, 3.05) is 39.4 Å². The highest BCUT2D eigenvalue weighted by Gasteiger charge is 2.09. The number of pyridine rings is 1. The van der Waals surface area contributed by atoms with Crippen molar-refractivity contribution in [1.82, 2.24) is 15.2 Å². The van der Waals surface area contributed by atoms with E-state index in [9.17, 15) is 14.4 Å². The molecule has 3 N–H and O–H groups in total. The van der Waals surface area contributed by atoms with Crippen LogP contribution in [0.1, 0.15) is 16.8 Å². The summed E-state index contributed by atoms with van der Waals surface area (Å²) in [6, 6.07) is 3.44. The second kappa shape index (κ2) is 12.6. The van der Waals surface area contributed by atoms with Gasteiger partial charge in [-0.3, -0.25) is 14.7 Å². The highest BCUT2D eigenvalue weighted by molar-refractivity contribution is 5.93. The van der Waals surface area contributed by atoms with Crippen LogP contribution in [0.2, 0.25) is 0 Å². The van der Waals surface area contributed by atoms with Crippen LogP contribution in [0.25, 0.3) is 0 Å². The van der Waals surface area contributed by atoms with E-state index in [1.807, 2.05) is 0 Å². The van der Waals surface area contributed by atoms with Crippen LogP contribution in [0.3, 0.4) is 0 Å². The highest BCUT2D eigenvalue weighted by Crippen LogP contribution is 1.98. The first-order chi connectivity index (χ1) is 12.5. The Morgan fingerprint density at radius 1 is 1.12 bits per heavy atom. The number of hydrogen-bond donors (Lipinski definition) is 3. The lowest BCUT2D eigenvalue weighted by Gasteiger charge is -2.26. The third kappa shape index (κ3) is 10.2. The predicted octanol–water partition coefficient (Wildman–Crippen LogP) is 0.246. The van der Waals surface area contributed by atoms with Crippen LogP contribution in [0, 0.1) is 0 Å². The van der Waals surface area contributed by atoms with Crippen molar-refractivity contribution in [3.8, 4) is 0 Å². The SMILES string of the molecule is O=C(NCCCN1CCOCC1)c1ccncc1.O=C(O)/C=C/C(=O)O. The van der Waals surface area contributed by atoms with Crippen molar-refractivity contribution in [3.63, 3.8) is 0 Å². The van der Waals surface area contributed by atoms with E-state index in [1.54, 1.807) is 24.5 Å². The monoisotopic (exact) mass is 365 g/mol. The molecule has 26 heavy (non-hydrogen) atoms. The van der Waals surface area contributed by atoms with Crippen molar-refractivity contribution in [2.24, 2.45) is 0 Å². The summed E-state index contributed by atoms with van der Waals surface area (Å²) in [5, 5.41) is 18.5. The third-order valence-electron chi connectivity index (χ3n) is 3.35. The Balaban J connectivity index is 0.000000359. The van der Waals surface area contributed by atoms with E-state index in [-0.39, 0.29) is 5.91 Å². The second-order valence-corrected chi connectivity index (χ2v) is 5.31. The molecule has 142 valence electrons. The summed E-state index contributed by atoms with van der Waals surface area (Å²) in [5.41, 5.74) is 0.663. The number of hydrogen-bond acceptors (Lipinski definition) is 6. The fraction of sp³-hybridized carbons (Fsp3) is 0.412. The van der Waals surface area contributed by atoms with Crippen LogP contribution in [-0.2, 0) is 14.3 Å². The molecular formula is C17H23N3O6. The number of aliphatic carboxylic acids is 2. The molecule has 0 saturated carbocycles. The minimum absolute atomic E-state index is 0.0284. The molecule has 9 nitrogen and oxygen atoms in total. The third-order valence-corrected chi connectivity index (χ3v) is 3.35. The molecule has 1 fully saturated rings. The maximum atomic E-state index is 11.7. The number of amides is 1. The van der Waals surface area contributed by atoms with Gasteiger partial charge in [0.15, 0.2) is 0 Å². The molecule has 0 aliphatic carbocycles. The Bertz CT molecular complexity index is 584. The molecular weight excluding hydrogens is 342 g/mol. The number of carbonyl (C=O) groups is 3. The van der Waals surface area contributed by atoms with Crippen LogP contribution in [0.4, 0.5) is 0 Å². The second-order valence-electron chi connectivity index (χ2n) is 5.31. The van der Waals surface area contributed by atoms with Gasteiger partial charge in [0.1, 0.15) is 0 Å². The van der Waals surface area contributed by atoms with Crippen molar-refractivity contribution >= 4 is 17.8 Å². The highest BCUT2D eigenvalue weighted by atomic mass is 16.5. The first-order valence-corrected chi connectivity index (χ1v) is 8.11. The average molecular weight is 365 g/mol. The van der Waals surface area contributed by atoms with Gasteiger partial charge in [-0.05, 0) is 25.1 Å². The summed E-state index contributed by atoms with van der Waals surface area (Å²) in [6.07, 6.45) is 5.34. The minimum atomic E-state index is -1.26. The fourth-order valence-electron chi connectivity index (χ4n) is 2.08. The number of carboxylic acids is 2. The van der Waals surface area contributed by atoms with Gasteiger partial charge in [0.05, 0.1) is 13.2 Å². The molecule has 0 aromatic carbocycles. The summed E-state index contributed by atoms with van der Waals surface area (Å²) in [4.78, 5) is 37.1. The van der Waals surface area contributed by atoms with E-state index in [1.165, 1.54) is 0 Å². The standard InChI is InChI=1S/C13H19N3O2.C4H4O4/c17-13(12-2-5-14-6-3-12)15-4-1-7-16-8-10-18-11-9-16;5-3(6)1-2-4(7)8/h2-3,5-6H,1,4,7-11H2,(H,15,17);1-2H,(H,5,6)(H,7,8)/b;2-1+. The quantitative estimate of drug-likeness (QED) is 0.463. The van der Waals surface area contributed by atoms with E-state index in [0.717, 1.165) is 39.3 Å². The number of nitrogens with zero attached hydrogens (tertiary/aromatic N) is 2. The van der Waals surface area contributed by atoms with E-state index in [4.69, 9.17) is 14.9 Å². The first-order valence-electron chi connectivity index (χ1n) is 8.11. The predicted molar refractivity (Wildman–Crippen MR) is 92.9 cm³/mol. The van der Waals surface area contributed by atoms with Crippen LogP contribution < -0.4 is 5.32 Å². The largest absolute Gasteiger partial charge is 0.478 e. The van der Waals surface area contributed by atoms with Gasteiger partial charge in [-0.15, -0.1) is 0 Å². The molecule has 0 spiro atoms. The number of carbonyl (C=O) groups excluding carboxylic acids is 1. The van der Waals surface area contributed by atoms with Crippen LogP contribution in [0.15, 0.2) is 36.7 Å². The zero-order chi connectivity index (χ0) is 19.2. The van der Waals surface area contributed by atoms with Crippen molar-refractivity contribution in [3.05, 3.63) is 42.2 Å². The summed E-state index contributed by atoms with van der Waals surface area (Å²) < 4.78 is 5.28. The van der Waals surface area contributed by atoms with Gasteiger partial charge >= 0.3 is 11.9 Å². The lowest BCUT2D eigenvalue weighted by Crippen LogP contribution is -2.38. The molecule has 0 atom stereocenters. The van der Waals surface area contributed by atoms with Gasteiger partial charge < -0.3 is 20.3 Å². The number of morpholine rings is 1. The summed E-state index contributed by atoms with van der Waals surface area (Å²) in [5.74, 6) is -2.54. The maximum absolute atomic E-state index is 11.7. The number of rotatable bonds is 7. The Hall–Kier alpha value is -2.78. The summed E-state index contributed by atoms with van der Waals surface area (Å²) >= 11 is 0. The molecule has 1 amide bonds. The number of nitrogens with one attached hydrogen (secondary N) is 1. The summed E-state index contributed by atoms with van der Waals surface area (Å²) in [7, 11) is 0. The zero-order valence-electron chi connectivity index (χ0n) is 14.3. The molecule has 0 radical (unpaired) electrons. The lowest BCUT2D eigenvalue weighted by molar-refractivity contribution is -0.134. The Kier molecular flexibility index (Phi) is 10.3. The Labute approximate surface area is 151 Å². The number of carboxylic acid groups (broad SMARTS) is 2. The van der Waals surface area contributed by atoms with Gasteiger partial charge in [-0.1, -0.05) is 0 Å². The van der Waals surface area contributed by atoms with Crippen molar-refractivity contribution in [1.29, 1.82) is 0 Å². The maximum Gasteiger partial charge on any atom is 0.328 e. The lowest BCUT2D eigenvalue weighted by atomic mass is 10.2. The smallest absolute Gasteiger partial charge is 0.328 e. The fourth-order valence-corrected chi connectivity index (χ4v) is 2.08. The van der Waals surface area contributed by atoms with E-state index in [0.29, 0.717) is 24.3 Å². The van der Waals surface area contributed by atoms with Crippen LogP contribution >= 0.6 is 0 Å². The molecule has 1 aromatic rings. The van der Waals surface area contributed by atoms with Gasteiger partial charge in [-0.2, -0.15) is 0 Å². The molecule has 2 rings (SSSR count). The molecule has 0 unspecified atom stereocenters. The van der Waals surface area contributed by atoms with Crippen molar-refractivity contribution < 1.29 is 29.3 Å². The molecule has 1 aliphatic rings. The van der Waals surface area contributed by atoms with Gasteiger partial charge in [0, 0.05) is 49.7 Å². The Morgan fingerprint density at radius 2 is 1.69 bits per heavy atom. The molecule has 2 heterocycles. The zero-order valence-corrected chi connectivity index (χ0v) is 14.3. The summed E-state index contributed by atoms with van der Waals surface area (Å²) in [6.45, 7) is 5.36. The van der Waals surface area contributed by atoms with Gasteiger partial charge in [0.25, 0.3) is 5.91 Å². The molecule has 9 heteroatoms. The van der Waals surface area contributed by atoms with E-state index < -0.39 is 11.9 Å². The van der Waals surface area contributed by atoms with E-state index in [2.05, 4.69) is 15.2 Å². The molecule has 1 aliphatic heterocycles. The number of aromatic nitrogens is 1. The first kappa shape index (κ1) is 21.3.